The molecule has 140 valence electrons. The molecule has 0 bridgehead atoms. The van der Waals surface area contributed by atoms with Crippen LogP contribution in [0.4, 0.5) is 0 Å². The molecule has 0 spiro atoms. The highest BCUT2D eigenvalue weighted by Crippen LogP contribution is 2.24. The molecule has 2 heterocycles. The highest BCUT2D eigenvalue weighted by atomic mass is 32.1. The molecule has 0 aliphatic carbocycles. The Morgan fingerprint density at radius 1 is 1.11 bits per heavy atom. The van der Waals surface area contributed by atoms with Gasteiger partial charge in [-0.3, -0.25) is 9.59 Å². The minimum absolute atomic E-state index is 0.0216. The van der Waals surface area contributed by atoms with Crippen LogP contribution >= 0.6 is 11.3 Å². The lowest BCUT2D eigenvalue weighted by Gasteiger charge is -2.05. The second kappa shape index (κ2) is 7.74. The molecule has 0 amide bonds. The smallest absolute Gasteiger partial charge is 0.312 e. The van der Waals surface area contributed by atoms with Crippen molar-refractivity contribution in [2.45, 2.75) is 20.0 Å². The average molecular weight is 391 g/mol. The molecule has 0 radical (unpaired) electrons. The number of hydrogen-bond donors (Lipinski definition) is 1. The summed E-state index contributed by atoms with van der Waals surface area (Å²) < 4.78 is 5.35. The third-order valence-corrected chi connectivity index (χ3v) is 5.26. The number of nitrogens with one attached hydrogen (secondary N) is 1. The molecule has 28 heavy (non-hydrogen) atoms. The standard InChI is InChI=1S/C21H17N3O3S/c1-13-6-8-14(9-7-13)21-22-15(12-28-21)11-27-19(25)10-18-16-4-2-3-5-17(16)20(26)24-23-18/h2-9,12H,10-11H2,1H3,(H,24,26). The first-order valence-corrected chi connectivity index (χ1v) is 9.61. The molecule has 2 aromatic carbocycles. The van der Waals surface area contributed by atoms with E-state index < -0.39 is 5.97 Å². The van der Waals surface area contributed by atoms with Gasteiger partial charge < -0.3 is 4.74 Å². The summed E-state index contributed by atoms with van der Waals surface area (Å²) in [6.07, 6.45) is -0.0216. The molecule has 7 heteroatoms. The van der Waals surface area contributed by atoms with Crippen LogP contribution in [0.3, 0.4) is 0 Å². The first kappa shape index (κ1) is 18.1. The monoisotopic (exact) mass is 391 g/mol. The van der Waals surface area contributed by atoms with Gasteiger partial charge in [-0.2, -0.15) is 5.10 Å². The van der Waals surface area contributed by atoms with Gasteiger partial charge in [0.15, 0.2) is 0 Å². The summed E-state index contributed by atoms with van der Waals surface area (Å²) in [7, 11) is 0. The predicted octanol–water partition coefficient (Wildman–Crippen LogP) is 3.64. The Labute approximate surface area is 164 Å². The highest BCUT2D eigenvalue weighted by Gasteiger charge is 2.13. The third-order valence-electron chi connectivity index (χ3n) is 4.32. The SMILES string of the molecule is Cc1ccc(-c2nc(COC(=O)Cc3n[nH]c(=O)c4ccccc34)cs2)cc1. The molecule has 0 aliphatic heterocycles. The predicted molar refractivity (Wildman–Crippen MR) is 108 cm³/mol. The van der Waals surface area contributed by atoms with E-state index in [1.807, 2.05) is 36.6 Å². The lowest BCUT2D eigenvalue weighted by molar-refractivity contribution is -0.144. The van der Waals surface area contributed by atoms with Crippen LogP contribution in [0, 0.1) is 6.92 Å². The number of hydrogen-bond acceptors (Lipinski definition) is 6. The van der Waals surface area contributed by atoms with Crippen LogP contribution < -0.4 is 5.56 Å². The van der Waals surface area contributed by atoms with Crippen molar-refractivity contribution >= 4 is 28.1 Å². The van der Waals surface area contributed by atoms with Gasteiger partial charge in [0.05, 0.1) is 23.2 Å². The fraction of sp³-hybridized carbons (Fsp3) is 0.143. The summed E-state index contributed by atoms with van der Waals surface area (Å²) in [5.41, 5.74) is 3.14. The molecule has 0 atom stereocenters. The first-order valence-electron chi connectivity index (χ1n) is 8.73. The Hall–Kier alpha value is -3.32. The molecule has 0 fully saturated rings. The van der Waals surface area contributed by atoms with Crippen LogP contribution in [-0.4, -0.2) is 21.2 Å². The Kier molecular flexibility index (Phi) is 4.99. The van der Waals surface area contributed by atoms with Crippen molar-refractivity contribution in [1.29, 1.82) is 0 Å². The summed E-state index contributed by atoms with van der Waals surface area (Å²) >= 11 is 1.51. The number of benzene rings is 2. The number of esters is 1. The van der Waals surface area contributed by atoms with Crippen molar-refractivity contribution in [3.05, 3.63) is 81.2 Å². The number of ether oxygens (including phenoxy) is 1. The maximum absolute atomic E-state index is 12.3. The van der Waals surface area contributed by atoms with Crippen molar-refractivity contribution in [2.24, 2.45) is 0 Å². The number of aryl methyl sites for hydroxylation is 1. The van der Waals surface area contributed by atoms with E-state index in [0.29, 0.717) is 22.2 Å². The van der Waals surface area contributed by atoms with Crippen molar-refractivity contribution < 1.29 is 9.53 Å². The van der Waals surface area contributed by atoms with Gasteiger partial charge in [-0.1, -0.05) is 48.0 Å². The molecule has 4 aromatic rings. The van der Waals surface area contributed by atoms with Gasteiger partial charge in [0.1, 0.15) is 11.6 Å². The van der Waals surface area contributed by atoms with Gasteiger partial charge in [-0.05, 0) is 13.0 Å². The molecule has 1 N–H and O–H groups in total. The number of thiazole rings is 1. The van der Waals surface area contributed by atoms with E-state index in [4.69, 9.17) is 4.74 Å². The molecule has 0 aliphatic rings. The van der Waals surface area contributed by atoms with E-state index in [1.165, 1.54) is 16.9 Å². The summed E-state index contributed by atoms with van der Waals surface area (Å²) in [5, 5.41) is 10.4. The van der Waals surface area contributed by atoms with Gasteiger partial charge in [-0.15, -0.1) is 11.3 Å². The van der Waals surface area contributed by atoms with Gasteiger partial charge in [0.2, 0.25) is 0 Å². The topological polar surface area (TPSA) is 84.9 Å². The molecule has 6 nitrogen and oxygen atoms in total. The van der Waals surface area contributed by atoms with Crippen LogP contribution in [0.15, 0.2) is 58.7 Å². The zero-order valence-corrected chi connectivity index (χ0v) is 16.0. The van der Waals surface area contributed by atoms with E-state index >= 15 is 0 Å². The zero-order valence-electron chi connectivity index (χ0n) is 15.1. The van der Waals surface area contributed by atoms with E-state index in [-0.39, 0.29) is 18.6 Å². The maximum Gasteiger partial charge on any atom is 0.312 e. The highest BCUT2D eigenvalue weighted by molar-refractivity contribution is 7.13. The number of aromatic nitrogens is 3. The molecule has 0 unspecified atom stereocenters. The molecule has 2 aromatic heterocycles. The molecular weight excluding hydrogens is 374 g/mol. The van der Waals surface area contributed by atoms with Crippen LogP contribution in [-0.2, 0) is 22.6 Å². The number of nitrogens with zero attached hydrogens (tertiary/aromatic N) is 2. The zero-order chi connectivity index (χ0) is 19.5. The number of carbonyl (C=O) groups excluding carboxylic acids is 1. The van der Waals surface area contributed by atoms with E-state index in [1.54, 1.807) is 24.3 Å². The molecule has 0 saturated heterocycles. The van der Waals surface area contributed by atoms with E-state index in [9.17, 15) is 9.59 Å². The van der Waals surface area contributed by atoms with Crippen LogP contribution in [0.25, 0.3) is 21.3 Å². The number of aromatic amines is 1. The molecular formula is C21H17N3O3S. The van der Waals surface area contributed by atoms with E-state index in [0.717, 1.165) is 10.6 Å². The lowest BCUT2D eigenvalue weighted by atomic mass is 10.1. The van der Waals surface area contributed by atoms with Crippen molar-refractivity contribution in [2.75, 3.05) is 0 Å². The Bertz CT molecular complexity index is 1200. The number of fused-ring (bicyclic) bond motifs is 1. The Morgan fingerprint density at radius 3 is 2.64 bits per heavy atom. The van der Waals surface area contributed by atoms with Crippen LogP contribution in [0.2, 0.25) is 0 Å². The minimum Gasteiger partial charge on any atom is -0.459 e. The second-order valence-corrected chi connectivity index (χ2v) is 7.25. The number of rotatable bonds is 5. The summed E-state index contributed by atoms with van der Waals surface area (Å²) in [6.45, 7) is 2.14. The average Bonchev–Trinajstić information content (AvgIpc) is 3.18. The normalized spacial score (nSPS) is 10.9. The Morgan fingerprint density at radius 2 is 1.86 bits per heavy atom. The van der Waals surface area contributed by atoms with Gasteiger partial charge in [0, 0.05) is 16.3 Å². The van der Waals surface area contributed by atoms with Crippen molar-refractivity contribution in [3.8, 4) is 10.6 Å². The summed E-state index contributed by atoms with van der Waals surface area (Å²) in [6, 6.07) is 15.2. The fourth-order valence-corrected chi connectivity index (χ4v) is 3.66. The first-order chi connectivity index (χ1) is 13.6. The Balaban J connectivity index is 1.42. The fourth-order valence-electron chi connectivity index (χ4n) is 2.85. The largest absolute Gasteiger partial charge is 0.459 e. The maximum atomic E-state index is 12.3. The third kappa shape index (κ3) is 3.84. The van der Waals surface area contributed by atoms with Gasteiger partial charge in [0.25, 0.3) is 5.56 Å². The number of H-pyrrole nitrogens is 1. The van der Waals surface area contributed by atoms with Crippen LogP contribution in [0.5, 0.6) is 0 Å². The molecule has 0 saturated carbocycles. The summed E-state index contributed by atoms with van der Waals surface area (Å²) in [4.78, 5) is 28.6. The van der Waals surface area contributed by atoms with E-state index in [2.05, 4.69) is 15.2 Å². The second-order valence-electron chi connectivity index (χ2n) is 6.39. The van der Waals surface area contributed by atoms with Crippen LogP contribution in [0.1, 0.15) is 17.0 Å². The van der Waals surface area contributed by atoms with Crippen molar-refractivity contribution in [3.63, 3.8) is 0 Å². The minimum atomic E-state index is -0.422. The lowest BCUT2D eigenvalue weighted by Crippen LogP contribution is -2.15. The quantitative estimate of drug-likeness (QED) is 0.525. The van der Waals surface area contributed by atoms with Gasteiger partial charge in [-0.25, -0.2) is 10.1 Å². The molecule has 4 rings (SSSR count). The van der Waals surface area contributed by atoms with Gasteiger partial charge >= 0.3 is 5.97 Å². The van der Waals surface area contributed by atoms with Crippen molar-refractivity contribution in [1.82, 2.24) is 15.2 Å². The summed E-state index contributed by atoms with van der Waals surface area (Å²) in [5.74, 6) is -0.422. The number of carbonyl (C=O) groups is 1.